The molecular weight excluding hydrogens is 300 g/mol. The summed E-state index contributed by atoms with van der Waals surface area (Å²) in [6.45, 7) is 4.41. The summed E-state index contributed by atoms with van der Waals surface area (Å²) in [6, 6.07) is 15.1. The molecule has 2 aliphatic rings. The molecule has 2 aromatic rings. The summed E-state index contributed by atoms with van der Waals surface area (Å²) in [6.07, 6.45) is 4.01. The van der Waals surface area contributed by atoms with Crippen molar-refractivity contribution in [3.05, 3.63) is 53.6 Å². The molecule has 0 radical (unpaired) electrons. The molecule has 0 saturated carbocycles. The van der Waals surface area contributed by atoms with Gasteiger partial charge in [0.1, 0.15) is 0 Å². The first-order chi connectivity index (χ1) is 11.9. The fourth-order valence-corrected chi connectivity index (χ4v) is 3.38. The van der Waals surface area contributed by atoms with Gasteiger partial charge in [-0.2, -0.15) is 0 Å². The zero-order valence-corrected chi connectivity index (χ0v) is 14.0. The van der Waals surface area contributed by atoms with Gasteiger partial charge in [-0.05, 0) is 54.7 Å². The minimum Gasteiger partial charge on any atom is -0.454 e. The van der Waals surface area contributed by atoms with E-state index in [1.165, 1.54) is 49.2 Å². The third kappa shape index (κ3) is 3.49. The van der Waals surface area contributed by atoms with Gasteiger partial charge >= 0.3 is 0 Å². The van der Waals surface area contributed by atoms with Crippen molar-refractivity contribution in [2.24, 2.45) is 0 Å². The Balaban J connectivity index is 1.29. The number of rotatable bonds is 5. The topological polar surface area (TPSA) is 33.7 Å². The van der Waals surface area contributed by atoms with Gasteiger partial charge in [0, 0.05) is 31.9 Å². The molecule has 1 saturated heterocycles. The lowest BCUT2D eigenvalue weighted by Crippen LogP contribution is -2.29. The highest BCUT2D eigenvalue weighted by atomic mass is 16.7. The molecule has 24 heavy (non-hydrogen) atoms. The van der Waals surface area contributed by atoms with Crippen molar-refractivity contribution in [2.75, 3.05) is 24.8 Å². The van der Waals surface area contributed by atoms with Crippen molar-refractivity contribution < 1.29 is 9.47 Å². The predicted octanol–water partition coefficient (Wildman–Crippen LogP) is 3.70. The molecule has 2 aliphatic heterocycles. The fourth-order valence-electron chi connectivity index (χ4n) is 3.38. The second kappa shape index (κ2) is 7.14. The highest BCUT2D eigenvalue weighted by molar-refractivity contribution is 5.48. The van der Waals surface area contributed by atoms with Crippen LogP contribution in [0.5, 0.6) is 11.5 Å². The van der Waals surface area contributed by atoms with E-state index in [1.54, 1.807) is 0 Å². The molecule has 0 aliphatic carbocycles. The lowest BCUT2D eigenvalue weighted by molar-refractivity contribution is 0.174. The van der Waals surface area contributed by atoms with Gasteiger partial charge in [-0.3, -0.25) is 0 Å². The van der Waals surface area contributed by atoms with Crippen molar-refractivity contribution in [1.29, 1.82) is 0 Å². The smallest absolute Gasteiger partial charge is 0.231 e. The summed E-state index contributed by atoms with van der Waals surface area (Å²) < 4.78 is 10.8. The summed E-state index contributed by atoms with van der Waals surface area (Å²) in [5.41, 5.74) is 3.88. The lowest BCUT2D eigenvalue weighted by atomic mass is 10.1. The molecule has 4 heteroatoms. The first-order valence-electron chi connectivity index (χ1n) is 8.82. The third-order valence-corrected chi connectivity index (χ3v) is 4.75. The first-order valence-corrected chi connectivity index (χ1v) is 8.82. The van der Waals surface area contributed by atoms with Gasteiger partial charge < -0.3 is 19.7 Å². The van der Waals surface area contributed by atoms with Crippen LogP contribution in [0.1, 0.15) is 30.4 Å². The van der Waals surface area contributed by atoms with E-state index in [1.807, 2.05) is 6.07 Å². The maximum absolute atomic E-state index is 5.42. The number of ether oxygens (including phenoxy) is 2. The van der Waals surface area contributed by atoms with E-state index in [-0.39, 0.29) is 0 Å². The van der Waals surface area contributed by atoms with Crippen molar-refractivity contribution in [3.8, 4) is 11.5 Å². The quantitative estimate of drug-likeness (QED) is 0.909. The molecule has 1 fully saturated rings. The Kier molecular flexibility index (Phi) is 4.56. The summed E-state index contributed by atoms with van der Waals surface area (Å²) in [5.74, 6) is 1.69. The number of nitrogens with one attached hydrogen (secondary N) is 1. The third-order valence-electron chi connectivity index (χ3n) is 4.75. The van der Waals surface area contributed by atoms with Gasteiger partial charge in [0.15, 0.2) is 11.5 Å². The molecule has 0 spiro atoms. The van der Waals surface area contributed by atoms with E-state index < -0.39 is 0 Å². The average Bonchev–Trinajstić information content (AvgIpc) is 3.11. The predicted molar refractivity (Wildman–Crippen MR) is 95.6 cm³/mol. The number of hydrogen-bond donors (Lipinski definition) is 1. The molecular formula is C20H24N2O2. The van der Waals surface area contributed by atoms with E-state index in [9.17, 15) is 0 Å². The first kappa shape index (κ1) is 15.3. The summed E-state index contributed by atoms with van der Waals surface area (Å²) in [4.78, 5) is 2.49. The van der Waals surface area contributed by atoms with Crippen LogP contribution in [0, 0.1) is 0 Å². The van der Waals surface area contributed by atoms with Crippen molar-refractivity contribution in [1.82, 2.24) is 5.32 Å². The van der Waals surface area contributed by atoms with Crippen LogP contribution in [0.3, 0.4) is 0 Å². The Hall–Kier alpha value is -2.20. The number of fused-ring (bicyclic) bond motifs is 1. The molecule has 0 bridgehead atoms. The fraction of sp³-hybridized carbons (Fsp3) is 0.400. The minimum absolute atomic E-state index is 0.329. The van der Waals surface area contributed by atoms with Crippen molar-refractivity contribution in [2.45, 2.75) is 32.4 Å². The van der Waals surface area contributed by atoms with Crippen LogP contribution in [0.2, 0.25) is 0 Å². The average molecular weight is 324 g/mol. The van der Waals surface area contributed by atoms with Gasteiger partial charge in [-0.25, -0.2) is 0 Å². The number of hydrogen-bond acceptors (Lipinski definition) is 4. The molecule has 0 atom stereocenters. The molecule has 2 heterocycles. The van der Waals surface area contributed by atoms with E-state index >= 15 is 0 Å². The normalized spacial score (nSPS) is 16.4. The van der Waals surface area contributed by atoms with Gasteiger partial charge in [0.05, 0.1) is 0 Å². The van der Waals surface area contributed by atoms with Crippen LogP contribution >= 0.6 is 0 Å². The highest BCUT2D eigenvalue weighted by Gasteiger charge is 2.13. The highest BCUT2D eigenvalue weighted by Crippen LogP contribution is 2.32. The van der Waals surface area contributed by atoms with Crippen LogP contribution in [-0.2, 0) is 13.1 Å². The SMILES string of the molecule is c1cc(N2CCCCC2)ccc1CNCc1ccc2c(c1)OCO2. The van der Waals surface area contributed by atoms with Crippen LogP contribution in [0.15, 0.2) is 42.5 Å². The van der Waals surface area contributed by atoms with Gasteiger partial charge in [-0.1, -0.05) is 18.2 Å². The molecule has 2 aromatic carbocycles. The Bertz CT molecular complexity index is 679. The van der Waals surface area contributed by atoms with Gasteiger partial charge in [0.25, 0.3) is 0 Å². The van der Waals surface area contributed by atoms with Crippen LogP contribution in [0.4, 0.5) is 5.69 Å². The lowest BCUT2D eigenvalue weighted by Gasteiger charge is -2.28. The standard InChI is InChI=1S/C20H24N2O2/c1-2-10-22(11-3-1)18-7-4-16(5-8-18)13-21-14-17-6-9-19-20(12-17)24-15-23-19/h4-9,12,21H,1-3,10-11,13-15H2. The molecule has 126 valence electrons. The van der Waals surface area contributed by atoms with E-state index in [2.05, 4.69) is 46.6 Å². The van der Waals surface area contributed by atoms with Crippen LogP contribution in [-0.4, -0.2) is 19.9 Å². The summed E-state index contributed by atoms with van der Waals surface area (Å²) in [5, 5.41) is 3.50. The monoisotopic (exact) mass is 324 g/mol. The largest absolute Gasteiger partial charge is 0.454 e. The summed E-state index contributed by atoms with van der Waals surface area (Å²) in [7, 11) is 0. The van der Waals surface area contributed by atoms with Crippen molar-refractivity contribution in [3.63, 3.8) is 0 Å². The minimum atomic E-state index is 0.329. The Morgan fingerprint density at radius 2 is 1.50 bits per heavy atom. The maximum atomic E-state index is 5.42. The van der Waals surface area contributed by atoms with Gasteiger partial charge in [0.2, 0.25) is 6.79 Å². The Morgan fingerprint density at radius 3 is 2.33 bits per heavy atom. The number of benzene rings is 2. The Labute approximate surface area is 143 Å². The summed E-state index contributed by atoms with van der Waals surface area (Å²) >= 11 is 0. The van der Waals surface area contributed by atoms with Crippen molar-refractivity contribution >= 4 is 5.69 Å². The van der Waals surface area contributed by atoms with E-state index in [0.717, 1.165) is 24.6 Å². The van der Waals surface area contributed by atoms with E-state index in [4.69, 9.17) is 9.47 Å². The molecule has 0 unspecified atom stereocenters. The second-order valence-electron chi connectivity index (χ2n) is 6.51. The number of anilines is 1. The Morgan fingerprint density at radius 1 is 0.792 bits per heavy atom. The van der Waals surface area contributed by atoms with E-state index in [0.29, 0.717) is 6.79 Å². The zero-order chi connectivity index (χ0) is 16.2. The number of nitrogens with zero attached hydrogens (tertiary/aromatic N) is 1. The molecule has 0 amide bonds. The zero-order valence-electron chi connectivity index (χ0n) is 14.0. The molecule has 4 nitrogen and oxygen atoms in total. The molecule has 1 N–H and O–H groups in total. The van der Waals surface area contributed by atoms with Gasteiger partial charge in [-0.15, -0.1) is 0 Å². The second-order valence-corrected chi connectivity index (χ2v) is 6.51. The maximum Gasteiger partial charge on any atom is 0.231 e. The van der Waals surface area contributed by atoms with Crippen LogP contribution in [0.25, 0.3) is 0 Å². The molecule has 0 aromatic heterocycles. The number of piperidine rings is 1. The van der Waals surface area contributed by atoms with Crippen LogP contribution < -0.4 is 19.7 Å². The molecule has 4 rings (SSSR count).